The number of carbonyl (C=O) groups excluding carboxylic acids is 1. The van der Waals surface area contributed by atoms with Crippen LogP contribution in [0.3, 0.4) is 0 Å². The lowest BCUT2D eigenvalue weighted by atomic mass is 10.2. The number of aromatic nitrogens is 2. The first-order chi connectivity index (χ1) is 11.9. The number of halogens is 1. The number of thioether (sulfide) groups is 1. The Morgan fingerprint density at radius 1 is 1.32 bits per heavy atom. The quantitative estimate of drug-likeness (QED) is 0.712. The summed E-state index contributed by atoms with van der Waals surface area (Å²) >= 11 is 2.85. The van der Waals surface area contributed by atoms with Gasteiger partial charge in [0.05, 0.1) is 16.9 Å². The lowest BCUT2D eigenvalue weighted by molar-refractivity contribution is -0.113. The predicted octanol–water partition coefficient (Wildman–Crippen LogP) is 3.61. The van der Waals surface area contributed by atoms with Crippen LogP contribution < -0.4 is 10.9 Å². The van der Waals surface area contributed by atoms with Crippen molar-refractivity contribution in [3.05, 3.63) is 56.7 Å². The van der Waals surface area contributed by atoms with Gasteiger partial charge in [0.25, 0.3) is 5.56 Å². The predicted molar refractivity (Wildman–Crippen MR) is 101 cm³/mol. The zero-order valence-corrected chi connectivity index (χ0v) is 15.3. The molecule has 3 rings (SSSR count). The third-order valence-electron chi connectivity index (χ3n) is 3.69. The molecule has 0 fully saturated rings. The van der Waals surface area contributed by atoms with Gasteiger partial charge in [-0.1, -0.05) is 0 Å². The van der Waals surface area contributed by atoms with E-state index in [4.69, 9.17) is 0 Å². The molecule has 1 amide bonds. The Labute approximate surface area is 151 Å². The highest BCUT2D eigenvalue weighted by molar-refractivity contribution is 7.99. The van der Waals surface area contributed by atoms with Gasteiger partial charge >= 0.3 is 0 Å². The number of hydrogen-bond acceptors (Lipinski definition) is 5. The van der Waals surface area contributed by atoms with Crippen molar-refractivity contribution in [1.29, 1.82) is 0 Å². The van der Waals surface area contributed by atoms with Crippen molar-refractivity contribution in [3.8, 4) is 0 Å². The van der Waals surface area contributed by atoms with Gasteiger partial charge in [0.1, 0.15) is 16.5 Å². The van der Waals surface area contributed by atoms with Crippen molar-refractivity contribution in [3.63, 3.8) is 0 Å². The van der Waals surface area contributed by atoms with E-state index in [9.17, 15) is 14.0 Å². The Bertz CT molecular complexity index is 980. The largest absolute Gasteiger partial charge is 0.325 e. The second kappa shape index (κ2) is 7.37. The van der Waals surface area contributed by atoms with Gasteiger partial charge in [-0.15, -0.1) is 23.1 Å². The van der Waals surface area contributed by atoms with Gasteiger partial charge < -0.3 is 10.3 Å². The third kappa shape index (κ3) is 4.08. The first kappa shape index (κ1) is 17.6. The summed E-state index contributed by atoms with van der Waals surface area (Å²) in [5, 5.41) is 3.33. The van der Waals surface area contributed by atoms with E-state index in [1.165, 1.54) is 47.4 Å². The minimum Gasteiger partial charge on any atom is -0.325 e. The van der Waals surface area contributed by atoms with Crippen LogP contribution in [0.4, 0.5) is 10.1 Å². The zero-order valence-electron chi connectivity index (χ0n) is 13.7. The molecule has 0 aliphatic carbocycles. The highest BCUT2D eigenvalue weighted by atomic mass is 32.2. The lowest BCUT2D eigenvalue weighted by Crippen LogP contribution is -2.15. The van der Waals surface area contributed by atoms with Gasteiger partial charge in [-0.25, -0.2) is 9.37 Å². The van der Waals surface area contributed by atoms with E-state index in [1.54, 1.807) is 0 Å². The van der Waals surface area contributed by atoms with Crippen LogP contribution in [0, 0.1) is 19.7 Å². The number of thiophene rings is 1. The highest BCUT2D eigenvalue weighted by Gasteiger charge is 2.12. The van der Waals surface area contributed by atoms with Gasteiger partial charge in [0, 0.05) is 10.6 Å². The number of hydrogen-bond donors (Lipinski definition) is 2. The number of nitrogens with one attached hydrogen (secondary N) is 2. The Kier molecular flexibility index (Phi) is 5.19. The monoisotopic (exact) mass is 377 g/mol. The molecular formula is C17H16FN3O2S2. The van der Waals surface area contributed by atoms with Crippen molar-refractivity contribution in [2.75, 3.05) is 11.1 Å². The number of benzene rings is 1. The third-order valence-corrected chi connectivity index (χ3v) is 5.73. The number of aromatic amines is 1. The summed E-state index contributed by atoms with van der Waals surface area (Å²) in [6, 6.07) is 5.59. The van der Waals surface area contributed by atoms with Crippen LogP contribution >= 0.6 is 23.1 Å². The van der Waals surface area contributed by atoms with E-state index in [0.717, 1.165) is 15.3 Å². The topological polar surface area (TPSA) is 74.8 Å². The molecule has 0 saturated heterocycles. The molecule has 130 valence electrons. The minimum absolute atomic E-state index is 0.141. The van der Waals surface area contributed by atoms with Crippen LogP contribution in [0.15, 0.2) is 29.1 Å². The first-order valence-corrected chi connectivity index (χ1v) is 9.53. The van der Waals surface area contributed by atoms with E-state index in [1.807, 2.05) is 13.8 Å². The maximum atomic E-state index is 12.8. The molecule has 0 bridgehead atoms. The standard InChI is InChI=1S/C17H16FN3O2S2/c1-9-10(2)25-17-15(9)16(23)20-13(21-17)7-24-8-14(22)19-12-5-3-11(18)4-6-12/h3-6H,7-8H2,1-2H3,(H,19,22)(H,20,21,23). The van der Waals surface area contributed by atoms with Gasteiger partial charge in [-0.05, 0) is 43.7 Å². The number of H-pyrrole nitrogens is 1. The second-order valence-electron chi connectivity index (χ2n) is 5.52. The first-order valence-electron chi connectivity index (χ1n) is 7.56. The number of rotatable bonds is 5. The van der Waals surface area contributed by atoms with Gasteiger partial charge in [-0.2, -0.15) is 0 Å². The van der Waals surface area contributed by atoms with Crippen LogP contribution in [-0.4, -0.2) is 21.6 Å². The Hall–Kier alpha value is -2.19. The lowest BCUT2D eigenvalue weighted by Gasteiger charge is -2.05. The molecule has 0 unspecified atom stereocenters. The van der Waals surface area contributed by atoms with E-state index < -0.39 is 0 Å². The molecule has 8 heteroatoms. The molecule has 2 N–H and O–H groups in total. The van der Waals surface area contributed by atoms with Gasteiger partial charge in [0.15, 0.2) is 0 Å². The Morgan fingerprint density at radius 2 is 2.04 bits per heavy atom. The Morgan fingerprint density at radius 3 is 2.76 bits per heavy atom. The summed E-state index contributed by atoms with van der Waals surface area (Å²) < 4.78 is 12.8. The summed E-state index contributed by atoms with van der Waals surface area (Å²) in [5.41, 5.74) is 1.37. The molecule has 0 saturated carbocycles. The van der Waals surface area contributed by atoms with Crippen molar-refractivity contribution >= 4 is 44.9 Å². The summed E-state index contributed by atoms with van der Waals surface area (Å²) in [6.07, 6.45) is 0. The second-order valence-corrected chi connectivity index (χ2v) is 7.71. The van der Waals surface area contributed by atoms with Gasteiger partial charge in [0.2, 0.25) is 5.91 Å². The highest BCUT2D eigenvalue weighted by Crippen LogP contribution is 2.26. The SMILES string of the molecule is Cc1sc2nc(CSCC(=O)Nc3ccc(F)cc3)[nH]c(=O)c2c1C. The molecule has 5 nitrogen and oxygen atoms in total. The number of fused-ring (bicyclic) bond motifs is 1. The Balaban J connectivity index is 1.60. The van der Waals surface area contributed by atoms with Gasteiger partial charge in [-0.3, -0.25) is 9.59 Å². The van der Waals surface area contributed by atoms with Crippen LogP contribution in [0.2, 0.25) is 0 Å². The fourth-order valence-electron chi connectivity index (χ4n) is 2.34. The molecule has 0 aliphatic heterocycles. The average Bonchev–Trinajstić information content (AvgIpc) is 2.84. The number of anilines is 1. The molecular weight excluding hydrogens is 361 g/mol. The van der Waals surface area contributed by atoms with E-state index in [-0.39, 0.29) is 23.0 Å². The maximum absolute atomic E-state index is 12.8. The molecule has 3 aromatic rings. The molecule has 0 aliphatic rings. The normalized spacial score (nSPS) is 11.0. The summed E-state index contributed by atoms with van der Waals surface area (Å²) in [5.74, 6) is 0.651. The zero-order chi connectivity index (χ0) is 18.0. The number of nitrogens with zero attached hydrogens (tertiary/aromatic N) is 1. The van der Waals surface area contributed by atoms with E-state index in [0.29, 0.717) is 22.7 Å². The summed E-state index contributed by atoms with van der Waals surface area (Å²) in [7, 11) is 0. The van der Waals surface area contributed by atoms with E-state index >= 15 is 0 Å². The van der Waals surface area contributed by atoms with Crippen LogP contribution in [-0.2, 0) is 10.5 Å². The average molecular weight is 377 g/mol. The van der Waals surface area contributed by atoms with Crippen molar-refractivity contribution in [1.82, 2.24) is 9.97 Å². The fraction of sp³-hybridized carbons (Fsp3) is 0.235. The molecule has 0 atom stereocenters. The number of carbonyl (C=O) groups is 1. The van der Waals surface area contributed by atoms with Crippen LogP contribution in [0.25, 0.3) is 10.2 Å². The fourth-order valence-corrected chi connectivity index (χ4v) is 4.08. The van der Waals surface area contributed by atoms with Crippen LogP contribution in [0.1, 0.15) is 16.3 Å². The minimum atomic E-state index is -0.350. The van der Waals surface area contributed by atoms with Crippen molar-refractivity contribution in [2.24, 2.45) is 0 Å². The molecule has 1 aromatic carbocycles. The summed E-state index contributed by atoms with van der Waals surface area (Å²) in [6.45, 7) is 3.88. The number of amides is 1. The van der Waals surface area contributed by atoms with Crippen LogP contribution in [0.5, 0.6) is 0 Å². The maximum Gasteiger partial charge on any atom is 0.259 e. The smallest absolute Gasteiger partial charge is 0.259 e. The molecule has 0 radical (unpaired) electrons. The molecule has 2 heterocycles. The van der Waals surface area contributed by atoms with Crippen molar-refractivity contribution < 1.29 is 9.18 Å². The molecule has 0 spiro atoms. The van der Waals surface area contributed by atoms with Crippen molar-refractivity contribution in [2.45, 2.75) is 19.6 Å². The molecule has 2 aromatic heterocycles. The summed E-state index contributed by atoms with van der Waals surface area (Å²) in [4.78, 5) is 33.2. The molecule has 25 heavy (non-hydrogen) atoms. The number of aryl methyl sites for hydroxylation is 2. The van der Waals surface area contributed by atoms with E-state index in [2.05, 4.69) is 15.3 Å².